The number of hydrogen-bond donors (Lipinski definition) is 3. The van der Waals surface area contributed by atoms with Crippen molar-refractivity contribution in [3.8, 4) is 5.75 Å². The van der Waals surface area contributed by atoms with E-state index >= 15 is 0 Å². The lowest BCUT2D eigenvalue weighted by Crippen LogP contribution is -2.51. The van der Waals surface area contributed by atoms with Crippen molar-refractivity contribution in [2.45, 2.75) is 24.8 Å². The molecule has 0 radical (unpaired) electrons. The highest BCUT2D eigenvalue weighted by Crippen LogP contribution is 2.39. The minimum absolute atomic E-state index is 0.0216. The fourth-order valence-corrected chi connectivity index (χ4v) is 2.24. The Bertz CT molecular complexity index is 592. The Morgan fingerprint density at radius 2 is 2.26 bits per heavy atom. The van der Waals surface area contributed by atoms with E-state index in [1.807, 2.05) is 0 Å². The molecule has 2 aromatic rings. The summed E-state index contributed by atoms with van der Waals surface area (Å²) in [5.74, 6) is 0.101. The molecular weight excluding hydrogens is 246 g/mol. The van der Waals surface area contributed by atoms with Gasteiger partial charge in [-0.15, -0.1) is 0 Å². The number of pyridine rings is 1. The summed E-state index contributed by atoms with van der Waals surface area (Å²) in [5, 5.41) is 19.1. The molecule has 0 unspecified atom stereocenters. The van der Waals surface area contributed by atoms with Gasteiger partial charge in [-0.3, -0.25) is 9.89 Å². The lowest BCUT2D eigenvalue weighted by molar-refractivity contribution is 0.0801. The zero-order valence-corrected chi connectivity index (χ0v) is 10.1. The topological polar surface area (TPSA) is 104 Å². The van der Waals surface area contributed by atoms with Gasteiger partial charge in [-0.1, -0.05) is 0 Å². The Hall–Kier alpha value is -2.44. The first-order valence-electron chi connectivity index (χ1n) is 6.04. The molecule has 3 N–H and O–H groups in total. The van der Waals surface area contributed by atoms with Gasteiger partial charge in [0.2, 0.25) is 0 Å². The molecule has 2 aromatic heterocycles. The lowest BCUT2D eigenvalue weighted by Gasteiger charge is -2.40. The number of rotatable bonds is 3. The van der Waals surface area contributed by atoms with Crippen LogP contribution < -0.4 is 5.32 Å². The predicted octanol–water partition coefficient (Wildman–Crippen LogP) is 0.714. The van der Waals surface area contributed by atoms with E-state index in [0.29, 0.717) is 5.82 Å². The van der Waals surface area contributed by atoms with Crippen molar-refractivity contribution in [2.75, 3.05) is 0 Å². The SMILES string of the molecule is O=C(NC1(c2ncn[nH]2)CCC1)c1ncccc1O. The average molecular weight is 259 g/mol. The third kappa shape index (κ3) is 1.92. The van der Waals surface area contributed by atoms with Crippen LogP contribution in [0.25, 0.3) is 0 Å². The maximum Gasteiger partial charge on any atom is 0.274 e. The zero-order valence-electron chi connectivity index (χ0n) is 10.1. The van der Waals surface area contributed by atoms with E-state index in [0.717, 1.165) is 19.3 Å². The second-order valence-corrected chi connectivity index (χ2v) is 4.59. The van der Waals surface area contributed by atoms with Gasteiger partial charge in [0.05, 0.1) is 5.54 Å². The largest absolute Gasteiger partial charge is 0.505 e. The van der Waals surface area contributed by atoms with Crippen LogP contribution >= 0.6 is 0 Å². The second kappa shape index (κ2) is 4.34. The van der Waals surface area contributed by atoms with Crippen LogP contribution in [0.3, 0.4) is 0 Å². The van der Waals surface area contributed by atoms with Crippen LogP contribution in [-0.4, -0.2) is 31.2 Å². The van der Waals surface area contributed by atoms with E-state index < -0.39 is 11.4 Å². The summed E-state index contributed by atoms with van der Waals surface area (Å²) >= 11 is 0. The maximum absolute atomic E-state index is 12.2. The normalized spacial score (nSPS) is 16.6. The molecule has 3 rings (SSSR count). The van der Waals surface area contributed by atoms with Gasteiger partial charge in [0.25, 0.3) is 5.91 Å². The fourth-order valence-electron chi connectivity index (χ4n) is 2.24. The Morgan fingerprint density at radius 1 is 1.42 bits per heavy atom. The third-order valence-electron chi connectivity index (χ3n) is 3.43. The van der Waals surface area contributed by atoms with Gasteiger partial charge in [-0.05, 0) is 31.4 Å². The number of amides is 1. The van der Waals surface area contributed by atoms with E-state index in [1.165, 1.54) is 18.6 Å². The van der Waals surface area contributed by atoms with Crippen LogP contribution in [0.15, 0.2) is 24.7 Å². The molecule has 1 aliphatic carbocycles. The molecule has 19 heavy (non-hydrogen) atoms. The molecule has 7 nitrogen and oxygen atoms in total. The lowest BCUT2D eigenvalue weighted by atomic mass is 9.76. The number of nitrogens with zero attached hydrogens (tertiary/aromatic N) is 3. The summed E-state index contributed by atoms with van der Waals surface area (Å²) in [6.45, 7) is 0. The van der Waals surface area contributed by atoms with E-state index in [9.17, 15) is 9.90 Å². The highest BCUT2D eigenvalue weighted by Gasteiger charge is 2.43. The van der Waals surface area contributed by atoms with Crippen LogP contribution in [0.1, 0.15) is 35.6 Å². The number of hydrogen-bond acceptors (Lipinski definition) is 5. The molecule has 0 spiro atoms. The molecular formula is C12H13N5O2. The summed E-state index contributed by atoms with van der Waals surface area (Å²) in [4.78, 5) is 20.2. The van der Waals surface area contributed by atoms with Gasteiger partial charge >= 0.3 is 0 Å². The van der Waals surface area contributed by atoms with Gasteiger partial charge < -0.3 is 10.4 Å². The Labute approximate surface area is 109 Å². The van der Waals surface area contributed by atoms with Crippen LogP contribution in [-0.2, 0) is 5.54 Å². The maximum atomic E-state index is 12.2. The second-order valence-electron chi connectivity index (χ2n) is 4.59. The molecule has 0 atom stereocenters. The molecule has 0 aromatic carbocycles. The number of carbonyl (C=O) groups is 1. The summed E-state index contributed by atoms with van der Waals surface area (Å²) in [7, 11) is 0. The van der Waals surface area contributed by atoms with Gasteiger partial charge in [-0.25, -0.2) is 9.97 Å². The number of nitrogens with one attached hydrogen (secondary N) is 2. The van der Waals surface area contributed by atoms with Gasteiger partial charge in [0.1, 0.15) is 17.9 Å². The van der Waals surface area contributed by atoms with E-state index in [-0.39, 0.29) is 11.4 Å². The van der Waals surface area contributed by atoms with E-state index in [1.54, 1.807) is 6.07 Å². The first-order valence-corrected chi connectivity index (χ1v) is 6.04. The molecule has 0 bridgehead atoms. The molecule has 0 aliphatic heterocycles. The predicted molar refractivity (Wildman–Crippen MR) is 65.3 cm³/mol. The van der Waals surface area contributed by atoms with Crippen LogP contribution in [0.2, 0.25) is 0 Å². The van der Waals surface area contributed by atoms with Crippen molar-refractivity contribution in [1.82, 2.24) is 25.5 Å². The minimum atomic E-state index is -0.516. The van der Waals surface area contributed by atoms with Crippen molar-refractivity contribution in [3.05, 3.63) is 36.2 Å². The molecule has 1 aliphatic rings. The Morgan fingerprint density at radius 3 is 2.84 bits per heavy atom. The fraction of sp³-hybridized carbons (Fsp3) is 0.333. The molecule has 7 heteroatoms. The third-order valence-corrected chi connectivity index (χ3v) is 3.43. The van der Waals surface area contributed by atoms with Crippen molar-refractivity contribution in [1.29, 1.82) is 0 Å². The zero-order chi connectivity index (χ0) is 13.3. The smallest absolute Gasteiger partial charge is 0.274 e. The van der Waals surface area contributed by atoms with Crippen molar-refractivity contribution >= 4 is 5.91 Å². The first-order chi connectivity index (χ1) is 9.21. The average Bonchev–Trinajstić information content (AvgIpc) is 2.88. The summed E-state index contributed by atoms with van der Waals surface area (Å²) in [6.07, 6.45) is 5.48. The van der Waals surface area contributed by atoms with Crippen molar-refractivity contribution in [3.63, 3.8) is 0 Å². The molecule has 0 saturated heterocycles. The Kier molecular flexibility index (Phi) is 2.66. The molecule has 98 valence electrons. The number of aromatic amines is 1. The minimum Gasteiger partial charge on any atom is -0.505 e. The summed E-state index contributed by atoms with van der Waals surface area (Å²) < 4.78 is 0. The van der Waals surface area contributed by atoms with Gasteiger partial charge in [-0.2, -0.15) is 5.10 Å². The highest BCUT2D eigenvalue weighted by molar-refractivity contribution is 5.95. The number of carbonyl (C=O) groups excluding carboxylic acids is 1. The Balaban J connectivity index is 1.85. The van der Waals surface area contributed by atoms with Crippen LogP contribution in [0.4, 0.5) is 0 Å². The number of aromatic hydroxyl groups is 1. The van der Waals surface area contributed by atoms with Crippen molar-refractivity contribution < 1.29 is 9.90 Å². The molecule has 1 fully saturated rings. The highest BCUT2D eigenvalue weighted by atomic mass is 16.3. The standard InChI is InChI=1S/C12H13N5O2/c18-8-3-1-6-13-9(8)10(19)16-12(4-2-5-12)11-14-7-15-17-11/h1,3,6-7,18H,2,4-5H2,(H,16,19)(H,14,15,17). The summed E-state index contributed by atoms with van der Waals surface area (Å²) in [6, 6.07) is 3.01. The number of aromatic nitrogens is 4. The molecule has 1 amide bonds. The number of H-pyrrole nitrogens is 1. The quantitative estimate of drug-likeness (QED) is 0.753. The van der Waals surface area contributed by atoms with Crippen LogP contribution in [0.5, 0.6) is 5.75 Å². The first kappa shape index (κ1) is 11.6. The van der Waals surface area contributed by atoms with Gasteiger partial charge in [0, 0.05) is 6.20 Å². The van der Waals surface area contributed by atoms with E-state index in [2.05, 4.69) is 25.5 Å². The molecule has 2 heterocycles. The monoisotopic (exact) mass is 259 g/mol. The van der Waals surface area contributed by atoms with Crippen molar-refractivity contribution in [2.24, 2.45) is 0 Å². The van der Waals surface area contributed by atoms with Crippen LogP contribution in [0, 0.1) is 0 Å². The van der Waals surface area contributed by atoms with Gasteiger partial charge in [0.15, 0.2) is 5.69 Å². The summed E-state index contributed by atoms with van der Waals surface area (Å²) in [5.41, 5.74) is -0.495. The van der Waals surface area contributed by atoms with E-state index in [4.69, 9.17) is 0 Å². The molecule has 1 saturated carbocycles.